The van der Waals surface area contributed by atoms with Crippen molar-refractivity contribution in [1.82, 2.24) is 4.90 Å². The highest BCUT2D eigenvalue weighted by Gasteiger charge is 2.55. The molecule has 2 heterocycles. The molecule has 0 aromatic carbocycles. The number of hydrogen-bond acceptors (Lipinski definition) is 4. The van der Waals surface area contributed by atoms with E-state index < -0.39 is 18.0 Å². The number of hydrogen-bond donors (Lipinski definition) is 2. The molecule has 6 nitrogen and oxygen atoms in total. The molecule has 0 aliphatic carbocycles. The van der Waals surface area contributed by atoms with Crippen LogP contribution in [0.1, 0.15) is 13.8 Å². The number of ether oxygens (including phenoxy) is 1. The molecule has 3 atom stereocenters. The van der Waals surface area contributed by atoms with Gasteiger partial charge in [-0.3, -0.25) is 9.69 Å². The molecule has 1 amide bonds. The summed E-state index contributed by atoms with van der Waals surface area (Å²) >= 11 is 0. The fourth-order valence-electron chi connectivity index (χ4n) is 2.25. The minimum absolute atomic E-state index is 0.113. The fraction of sp³-hybridized carbons (Fsp3) is 0.600. The van der Waals surface area contributed by atoms with Gasteiger partial charge >= 0.3 is 5.97 Å². The summed E-state index contributed by atoms with van der Waals surface area (Å²) in [5.41, 5.74) is -0.113. The summed E-state index contributed by atoms with van der Waals surface area (Å²) < 4.78 is 5.21. The van der Waals surface area contributed by atoms with Gasteiger partial charge in [-0.1, -0.05) is 0 Å². The van der Waals surface area contributed by atoms with Crippen LogP contribution in [0.15, 0.2) is 11.5 Å². The van der Waals surface area contributed by atoms with Gasteiger partial charge in [0.2, 0.25) is 5.91 Å². The van der Waals surface area contributed by atoms with Crippen LogP contribution in [0.5, 0.6) is 0 Å². The molecular formula is C10H13NO5. The van der Waals surface area contributed by atoms with Crippen LogP contribution in [-0.2, 0) is 14.3 Å². The molecule has 0 radical (unpaired) electrons. The maximum atomic E-state index is 11.7. The predicted molar refractivity (Wildman–Crippen MR) is 52.1 cm³/mol. The summed E-state index contributed by atoms with van der Waals surface area (Å²) in [6, 6.07) is -0.359. The molecule has 2 aliphatic heterocycles. The summed E-state index contributed by atoms with van der Waals surface area (Å²) in [5.74, 6) is -1.84. The minimum Gasteiger partial charge on any atom is -0.494 e. The lowest BCUT2D eigenvalue weighted by Gasteiger charge is -2.50. The second-order valence-electron chi connectivity index (χ2n) is 4.06. The lowest BCUT2D eigenvalue weighted by molar-refractivity contribution is -0.171. The second kappa shape index (κ2) is 3.48. The van der Waals surface area contributed by atoms with Crippen molar-refractivity contribution in [3.05, 3.63) is 11.5 Å². The van der Waals surface area contributed by atoms with E-state index in [0.29, 0.717) is 0 Å². The Balaban J connectivity index is 2.31. The Bertz CT molecular complexity index is 387. The first-order valence-corrected chi connectivity index (χ1v) is 5.03. The number of carboxylic acid groups (broad SMARTS) is 1. The van der Waals surface area contributed by atoms with Crippen molar-refractivity contribution in [2.75, 3.05) is 6.61 Å². The lowest BCUT2D eigenvalue weighted by Crippen LogP contribution is -2.67. The molecule has 0 aromatic rings. The van der Waals surface area contributed by atoms with Crippen molar-refractivity contribution in [2.45, 2.75) is 26.0 Å². The summed E-state index contributed by atoms with van der Waals surface area (Å²) in [6.07, 6.45) is -0.786. The minimum atomic E-state index is -1.18. The third-order valence-corrected chi connectivity index (χ3v) is 3.04. The third-order valence-electron chi connectivity index (χ3n) is 3.04. The monoisotopic (exact) mass is 227 g/mol. The van der Waals surface area contributed by atoms with E-state index >= 15 is 0 Å². The SMILES string of the molecule is CC1=C(C(=O)O)N2C(=O)[C@@H]([C@@H](C)O)[C@@H]2CO1. The number of carbonyl (C=O) groups excluding carboxylic acids is 1. The van der Waals surface area contributed by atoms with Crippen LogP contribution in [-0.4, -0.2) is 45.7 Å². The first-order valence-electron chi connectivity index (χ1n) is 5.03. The van der Waals surface area contributed by atoms with Crippen LogP contribution in [0.3, 0.4) is 0 Å². The topological polar surface area (TPSA) is 87.1 Å². The third kappa shape index (κ3) is 1.30. The van der Waals surface area contributed by atoms with Crippen LogP contribution in [0, 0.1) is 5.92 Å². The average molecular weight is 227 g/mol. The highest BCUT2D eigenvalue weighted by Crippen LogP contribution is 2.37. The normalized spacial score (nSPS) is 30.4. The summed E-state index contributed by atoms with van der Waals surface area (Å²) in [6.45, 7) is 3.28. The molecule has 0 unspecified atom stereocenters. The van der Waals surface area contributed by atoms with Gasteiger partial charge in [0.05, 0.1) is 18.1 Å². The van der Waals surface area contributed by atoms with Gasteiger partial charge in [-0.2, -0.15) is 0 Å². The summed E-state index contributed by atoms with van der Waals surface area (Å²) in [4.78, 5) is 23.9. The largest absolute Gasteiger partial charge is 0.494 e. The van der Waals surface area contributed by atoms with Crippen molar-refractivity contribution >= 4 is 11.9 Å². The molecule has 0 bridgehead atoms. The van der Waals surface area contributed by atoms with Crippen LogP contribution in [0.4, 0.5) is 0 Å². The van der Waals surface area contributed by atoms with Crippen LogP contribution in [0.2, 0.25) is 0 Å². The molecule has 2 N–H and O–H groups in total. The number of nitrogens with zero attached hydrogens (tertiary/aromatic N) is 1. The number of β-lactam (4-membered cyclic amide) rings is 1. The Labute approximate surface area is 92.1 Å². The Morgan fingerprint density at radius 2 is 2.25 bits per heavy atom. The Kier molecular flexibility index (Phi) is 2.38. The van der Waals surface area contributed by atoms with E-state index in [4.69, 9.17) is 9.84 Å². The van der Waals surface area contributed by atoms with E-state index in [9.17, 15) is 14.7 Å². The van der Waals surface area contributed by atoms with Crippen LogP contribution >= 0.6 is 0 Å². The summed E-state index contributed by atoms with van der Waals surface area (Å²) in [7, 11) is 0. The van der Waals surface area contributed by atoms with Gasteiger partial charge in [-0.15, -0.1) is 0 Å². The zero-order chi connectivity index (χ0) is 12.0. The fourth-order valence-corrected chi connectivity index (χ4v) is 2.25. The van der Waals surface area contributed by atoms with Gasteiger partial charge in [0.1, 0.15) is 12.4 Å². The zero-order valence-corrected chi connectivity index (χ0v) is 9.01. The molecule has 6 heteroatoms. The predicted octanol–water partition coefficient (Wildman–Crippen LogP) is -0.460. The van der Waals surface area contributed by atoms with Crippen LogP contribution in [0.25, 0.3) is 0 Å². The molecular weight excluding hydrogens is 214 g/mol. The first kappa shape index (κ1) is 10.9. The summed E-state index contributed by atoms with van der Waals surface area (Å²) in [5, 5.41) is 18.4. The Morgan fingerprint density at radius 3 is 2.75 bits per heavy atom. The van der Waals surface area contributed by atoms with Gasteiger partial charge < -0.3 is 14.9 Å². The van der Waals surface area contributed by atoms with Gasteiger partial charge in [0.15, 0.2) is 5.70 Å². The number of aliphatic hydroxyl groups is 1. The Hall–Kier alpha value is -1.56. The number of aliphatic carboxylic acids is 1. The number of amides is 1. The molecule has 0 spiro atoms. The quantitative estimate of drug-likeness (QED) is 0.623. The lowest BCUT2D eigenvalue weighted by atomic mass is 9.82. The van der Waals surface area contributed by atoms with E-state index in [-0.39, 0.29) is 30.0 Å². The molecule has 0 saturated carbocycles. The van der Waals surface area contributed by atoms with Gasteiger partial charge in [-0.05, 0) is 13.8 Å². The van der Waals surface area contributed by atoms with Crippen molar-refractivity contribution in [1.29, 1.82) is 0 Å². The van der Waals surface area contributed by atoms with E-state index in [1.807, 2.05) is 0 Å². The van der Waals surface area contributed by atoms with E-state index in [2.05, 4.69) is 0 Å². The number of fused-ring (bicyclic) bond motifs is 1. The van der Waals surface area contributed by atoms with Crippen LogP contribution < -0.4 is 0 Å². The molecule has 16 heavy (non-hydrogen) atoms. The standard InChI is InChI=1S/C10H13NO5/c1-4(12)7-6-3-16-5(2)8(10(14)15)11(6)9(7)13/h4,6-7,12H,3H2,1-2H3,(H,14,15)/t4-,6+,7+/m1/s1. The van der Waals surface area contributed by atoms with E-state index in [1.165, 1.54) is 18.7 Å². The van der Waals surface area contributed by atoms with Crippen molar-refractivity contribution in [2.24, 2.45) is 5.92 Å². The van der Waals surface area contributed by atoms with Crippen molar-refractivity contribution < 1.29 is 24.5 Å². The average Bonchev–Trinajstić information content (AvgIpc) is 2.17. The maximum absolute atomic E-state index is 11.7. The smallest absolute Gasteiger partial charge is 0.356 e. The number of aliphatic hydroxyl groups excluding tert-OH is 1. The molecule has 2 rings (SSSR count). The maximum Gasteiger partial charge on any atom is 0.356 e. The molecule has 1 saturated heterocycles. The van der Waals surface area contributed by atoms with Crippen molar-refractivity contribution in [3.8, 4) is 0 Å². The number of carboxylic acids is 1. The highest BCUT2D eigenvalue weighted by atomic mass is 16.5. The van der Waals surface area contributed by atoms with Gasteiger partial charge in [-0.25, -0.2) is 4.79 Å². The molecule has 0 aromatic heterocycles. The van der Waals surface area contributed by atoms with Gasteiger partial charge in [0.25, 0.3) is 0 Å². The molecule has 2 aliphatic rings. The second-order valence-corrected chi connectivity index (χ2v) is 4.06. The highest BCUT2D eigenvalue weighted by molar-refractivity contribution is 5.98. The van der Waals surface area contributed by atoms with E-state index in [0.717, 1.165) is 0 Å². The zero-order valence-electron chi connectivity index (χ0n) is 9.01. The van der Waals surface area contributed by atoms with Crippen molar-refractivity contribution in [3.63, 3.8) is 0 Å². The Morgan fingerprint density at radius 1 is 1.62 bits per heavy atom. The van der Waals surface area contributed by atoms with Gasteiger partial charge in [0, 0.05) is 0 Å². The van der Waals surface area contributed by atoms with E-state index in [1.54, 1.807) is 0 Å². The number of carbonyl (C=O) groups is 2. The first-order chi connectivity index (χ1) is 7.45. The molecule has 88 valence electrons. The molecule has 1 fully saturated rings. The number of allylic oxidation sites excluding steroid dienone is 1. The number of rotatable bonds is 2.